The van der Waals surface area contributed by atoms with Gasteiger partial charge in [0.2, 0.25) is 5.91 Å². The van der Waals surface area contributed by atoms with Gasteiger partial charge in [0.05, 0.1) is 23.8 Å². The first kappa shape index (κ1) is 20.2. The van der Waals surface area contributed by atoms with Crippen molar-refractivity contribution in [2.75, 3.05) is 26.8 Å². The Morgan fingerprint density at radius 3 is 2.77 bits per heavy atom. The third-order valence-corrected chi connectivity index (χ3v) is 5.62. The van der Waals surface area contributed by atoms with Crippen LogP contribution in [0.4, 0.5) is 4.39 Å². The van der Waals surface area contributed by atoms with Crippen molar-refractivity contribution in [1.29, 1.82) is 0 Å². The lowest BCUT2D eigenvalue weighted by Gasteiger charge is -2.29. The summed E-state index contributed by atoms with van der Waals surface area (Å²) in [6.45, 7) is 1.15. The number of ether oxygens (including phenoxy) is 1. The zero-order chi connectivity index (χ0) is 21.3. The smallest absolute Gasteiger partial charge is 0.256 e. The predicted octanol–water partition coefficient (Wildman–Crippen LogP) is 1.42. The summed E-state index contributed by atoms with van der Waals surface area (Å²) in [6.07, 6.45) is 2.01. The molecule has 30 heavy (non-hydrogen) atoms. The van der Waals surface area contributed by atoms with Crippen molar-refractivity contribution in [2.24, 2.45) is 0 Å². The zero-order valence-electron chi connectivity index (χ0n) is 16.7. The summed E-state index contributed by atoms with van der Waals surface area (Å²) >= 11 is 0. The number of aromatic amines is 1. The molecule has 1 unspecified atom stereocenters. The lowest BCUT2D eigenvalue weighted by Crippen LogP contribution is -2.41. The molecule has 1 aromatic carbocycles. The fraction of sp³-hybridized carbons (Fsp3) is 0.429. The molecule has 0 saturated carbocycles. The molecular formula is C21H23FN4O4. The van der Waals surface area contributed by atoms with Gasteiger partial charge in [0.15, 0.2) is 0 Å². The monoisotopic (exact) mass is 414 g/mol. The van der Waals surface area contributed by atoms with Crippen molar-refractivity contribution in [3.05, 3.63) is 63.1 Å². The van der Waals surface area contributed by atoms with E-state index in [0.717, 1.165) is 12.8 Å². The number of amides is 2. The lowest BCUT2D eigenvalue weighted by atomic mass is 10.0. The topological polar surface area (TPSA) is 95.6 Å². The standard InChI is InChI=1S/C21H23FN4O4/c1-30-12-18(27)26-9-2-3-17(26)19-23-16-8-10-25(11-15(16)20(28)24-19)21(29)13-4-6-14(22)7-5-13/h4-7,17H,2-3,8-12H2,1H3,(H,23,24,28). The van der Waals surface area contributed by atoms with Gasteiger partial charge in [-0.15, -0.1) is 0 Å². The van der Waals surface area contributed by atoms with Gasteiger partial charge in [0, 0.05) is 32.2 Å². The number of rotatable bonds is 4. The fourth-order valence-electron chi connectivity index (χ4n) is 4.11. The Hall–Kier alpha value is -3.07. The summed E-state index contributed by atoms with van der Waals surface area (Å²) in [5.74, 6) is -0.305. The molecule has 2 amide bonds. The maximum Gasteiger partial charge on any atom is 0.256 e. The number of fused-ring (bicyclic) bond motifs is 1. The summed E-state index contributed by atoms with van der Waals surface area (Å²) in [6, 6.07) is 5.08. The second-order valence-corrected chi connectivity index (χ2v) is 7.54. The van der Waals surface area contributed by atoms with Crippen molar-refractivity contribution in [2.45, 2.75) is 31.8 Å². The van der Waals surface area contributed by atoms with Gasteiger partial charge in [0.1, 0.15) is 18.2 Å². The van der Waals surface area contributed by atoms with Crippen molar-refractivity contribution < 1.29 is 18.7 Å². The Kier molecular flexibility index (Phi) is 5.63. The van der Waals surface area contributed by atoms with Gasteiger partial charge in [-0.1, -0.05) is 0 Å². The van der Waals surface area contributed by atoms with E-state index in [0.29, 0.717) is 42.2 Å². The van der Waals surface area contributed by atoms with Gasteiger partial charge in [-0.05, 0) is 37.1 Å². The second kappa shape index (κ2) is 8.35. The third kappa shape index (κ3) is 3.85. The highest BCUT2D eigenvalue weighted by atomic mass is 19.1. The number of methoxy groups -OCH3 is 1. The third-order valence-electron chi connectivity index (χ3n) is 5.62. The van der Waals surface area contributed by atoms with Gasteiger partial charge in [-0.3, -0.25) is 14.4 Å². The quantitative estimate of drug-likeness (QED) is 0.816. The number of hydrogen-bond acceptors (Lipinski definition) is 5. The van der Waals surface area contributed by atoms with Crippen LogP contribution in [-0.4, -0.2) is 58.4 Å². The van der Waals surface area contributed by atoms with Crippen LogP contribution in [0.25, 0.3) is 0 Å². The molecule has 1 saturated heterocycles. The van der Waals surface area contributed by atoms with Crippen molar-refractivity contribution in [3.8, 4) is 0 Å². The Morgan fingerprint density at radius 1 is 1.27 bits per heavy atom. The Labute approximate surface area is 172 Å². The minimum Gasteiger partial charge on any atom is -0.375 e. The molecule has 0 spiro atoms. The average Bonchev–Trinajstić information content (AvgIpc) is 3.24. The first-order valence-corrected chi connectivity index (χ1v) is 9.93. The molecule has 158 valence electrons. The van der Waals surface area contributed by atoms with E-state index in [9.17, 15) is 18.8 Å². The van der Waals surface area contributed by atoms with Gasteiger partial charge in [-0.25, -0.2) is 9.37 Å². The number of nitrogens with zero attached hydrogens (tertiary/aromatic N) is 3. The molecule has 1 aromatic heterocycles. The zero-order valence-corrected chi connectivity index (χ0v) is 16.7. The number of hydrogen-bond donors (Lipinski definition) is 1. The summed E-state index contributed by atoms with van der Waals surface area (Å²) in [5.41, 5.74) is 1.19. The summed E-state index contributed by atoms with van der Waals surface area (Å²) in [7, 11) is 1.47. The largest absolute Gasteiger partial charge is 0.375 e. The normalized spacial score (nSPS) is 18.4. The number of halogens is 1. The highest BCUT2D eigenvalue weighted by Crippen LogP contribution is 2.30. The summed E-state index contributed by atoms with van der Waals surface area (Å²) in [4.78, 5) is 48.5. The van der Waals surface area contributed by atoms with Gasteiger partial charge < -0.3 is 19.5 Å². The van der Waals surface area contributed by atoms with Crippen molar-refractivity contribution in [1.82, 2.24) is 19.8 Å². The second-order valence-electron chi connectivity index (χ2n) is 7.54. The van der Waals surface area contributed by atoms with E-state index < -0.39 is 5.82 Å². The number of carbonyl (C=O) groups is 2. The first-order chi connectivity index (χ1) is 14.5. The van der Waals surface area contributed by atoms with Gasteiger partial charge >= 0.3 is 0 Å². The number of aromatic nitrogens is 2. The van der Waals surface area contributed by atoms with Gasteiger partial charge in [-0.2, -0.15) is 0 Å². The number of carbonyl (C=O) groups excluding carboxylic acids is 2. The van der Waals surface area contributed by atoms with E-state index in [1.807, 2.05) is 0 Å². The molecule has 9 heteroatoms. The molecule has 1 fully saturated rings. The molecule has 0 aliphatic carbocycles. The maximum absolute atomic E-state index is 13.1. The van der Waals surface area contributed by atoms with Crippen LogP contribution >= 0.6 is 0 Å². The van der Waals surface area contributed by atoms with Gasteiger partial charge in [0.25, 0.3) is 11.5 Å². The molecule has 4 rings (SSSR count). The molecule has 3 heterocycles. The SMILES string of the molecule is COCC(=O)N1CCCC1c1nc2c(c(=O)[nH]1)CN(C(=O)c1ccc(F)cc1)CC2. The number of benzene rings is 1. The number of H-pyrrole nitrogens is 1. The molecule has 0 bridgehead atoms. The summed E-state index contributed by atoms with van der Waals surface area (Å²) in [5, 5.41) is 0. The summed E-state index contributed by atoms with van der Waals surface area (Å²) < 4.78 is 18.1. The Balaban J connectivity index is 1.55. The van der Waals surface area contributed by atoms with Crippen molar-refractivity contribution >= 4 is 11.8 Å². The highest BCUT2D eigenvalue weighted by Gasteiger charge is 2.33. The molecule has 1 N–H and O–H groups in total. The van der Waals surface area contributed by atoms with Crippen LogP contribution in [0.15, 0.2) is 29.1 Å². The average molecular weight is 414 g/mol. The fourth-order valence-corrected chi connectivity index (χ4v) is 4.11. The van der Waals surface area contributed by atoms with Crippen LogP contribution in [0.3, 0.4) is 0 Å². The number of likely N-dealkylation sites (tertiary alicyclic amines) is 1. The first-order valence-electron chi connectivity index (χ1n) is 9.93. The molecular weight excluding hydrogens is 391 g/mol. The molecule has 1 atom stereocenters. The molecule has 2 aliphatic rings. The Morgan fingerprint density at radius 2 is 2.03 bits per heavy atom. The Bertz CT molecular complexity index is 1020. The minimum atomic E-state index is -0.409. The van der Waals surface area contributed by atoms with E-state index >= 15 is 0 Å². The van der Waals surface area contributed by atoms with Crippen LogP contribution < -0.4 is 5.56 Å². The van der Waals surface area contributed by atoms with E-state index in [1.165, 1.54) is 31.4 Å². The lowest BCUT2D eigenvalue weighted by molar-refractivity contribution is -0.136. The van der Waals surface area contributed by atoms with Crippen LogP contribution in [-0.2, 0) is 22.5 Å². The highest BCUT2D eigenvalue weighted by molar-refractivity contribution is 5.94. The van der Waals surface area contributed by atoms with E-state index in [-0.39, 0.29) is 36.6 Å². The van der Waals surface area contributed by atoms with Crippen LogP contribution in [0.5, 0.6) is 0 Å². The molecule has 2 aromatic rings. The van der Waals surface area contributed by atoms with Crippen LogP contribution in [0, 0.1) is 5.82 Å². The van der Waals surface area contributed by atoms with E-state index in [1.54, 1.807) is 9.80 Å². The van der Waals surface area contributed by atoms with Crippen LogP contribution in [0.2, 0.25) is 0 Å². The molecule has 0 radical (unpaired) electrons. The van der Waals surface area contributed by atoms with Crippen LogP contribution in [0.1, 0.15) is 46.3 Å². The molecule has 2 aliphatic heterocycles. The maximum atomic E-state index is 13.1. The van der Waals surface area contributed by atoms with E-state index in [2.05, 4.69) is 9.97 Å². The predicted molar refractivity (Wildman–Crippen MR) is 105 cm³/mol. The number of nitrogens with one attached hydrogen (secondary N) is 1. The molecule has 8 nitrogen and oxygen atoms in total. The van der Waals surface area contributed by atoms with E-state index in [4.69, 9.17) is 4.74 Å². The minimum absolute atomic E-state index is 0.00781. The van der Waals surface area contributed by atoms with Crippen molar-refractivity contribution in [3.63, 3.8) is 0 Å².